The molecule has 0 spiro atoms. The number of hydrogen-bond donors (Lipinski definition) is 2. The quantitative estimate of drug-likeness (QED) is 0.382. The summed E-state index contributed by atoms with van der Waals surface area (Å²) in [5.74, 6) is -0.290. The molecule has 2 N–H and O–H groups in total. The summed E-state index contributed by atoms with van der Waals surface area (Å²) in [5, 5.41) is 22.8. The van der Waals surface area contributed by atoms with Crippen LogP contribution in [0.15, 0.2) is 65.2 Å². The van der Waals surface area contributed by atoms with Crippen molar-refractivity contribution in [3.63, 3.8) is 0 Å². The second kappa shape index (κ2) is 10.7. The third-order valence-electron chi connectivity index (χ3n) is 5.98. The maximum atomic E-state index is 13.4. The summed E-state index contributed by atoms with van der Waals surface area (Å²) in [7, 11) is 3.10. The van der Waals surface area contributed by atoms with Gasteiger partial charge in [0.05, 0.1) is 37.3 Å². The van der Waals surface area contributed by atoms with Crippen molar-refractivity contribution in [2.75, 3.05) is 27.4 Å². The van der Waals surface area contributed by atoms with E-state index in [4.69, 9.17) is 14.2 Å². The number of Topliss-reactive ketones (excluding diaryl/α,β-unsaturated/α-hetero) is 1. The molecule has 0 aliphatic carbocycles. The highest BCUT2D eigenvalue weighted by molar-refractivity contribution is 7.12. The number of phenolic OH excluding ortho intramolecular Hbond substituents is 1. The minimum absolute atomic E-state index is 0.00268. The standard InChI is InChI=1S/C27H27NO7S/c1-4-35-20-15-17(8-9-18(20)29)24-23(25(30)22-6-5-13-36-22)26(31)27(32)28(24)12-11-16-7-10-19(33-2)21(14-16)34-3/h5-10,13-15,24,29,31H,4,11-12H2,1-3H3. The van der Waals surface area contributed by atoms with Gasteiger partial charge in [0.1, 0.15) is 0 Å². The lowest BCUT2D eigenvalue weighted by atomic mass is 9.95. The molecule has 1 unspecified atom stereocenters. The van der Waals surface area contributed by atoms with Crippen molar-refractivity contribution in [2.24, 2.45) is 0 Å². The molecule has 1 amide bonds. The van der Waals surface area contributed by atoms with Gasteiger partial charge in [0.2, 0.25) is 5.78 Å². The number of amides is 1. The van der Waals surface area contributed by atoms with Crippen LogP contribution in [0.3, 0.4) is 0 Å². The third-order valence-corrected chi connectivity index (χ3v) is 6.85. The fourth-order valence-corrected chi connectivity index (χ4v) is 4.94. The number of ketones is 1. The van der Waals surface area contributed by atoms with E-state index in [1.807, 2.05) is 12.1 Å². The van der Waals surface area contributed by atoms with Crippen LogP contribution in [0.5, 0.6) is 23.0 Å². The summed E-state index contributed by atoms with van der Waals surface area (Å²) in [5.41, 5.74) is 1.43. The van der Waals surface area contributed by atoms with E-state index in [1.54, 1.807) is 56.9 Å². The number of rotatable bonds is 10. The van der Waals surface area contributed by atoms with Crippen molar-refractivity contribution < 1.29 is 34.0 Å². The van der Waals surface area contributed by atoms with Gasteiger partial charge >= 0.3 is 0 Å². The van der Waals surface area contributed by atoms with Crippen LogP contribution >= 0.6 is 11.3 Å². The summed E-state index contributed by atoms with van der Waals surface area (Å²) in [6.45, 7) is 2.33. The van der Waals surface area contributed by atoms with Crippen LogP contribution in [0, 0.1) is 0 Å². The van der Waals surface area contributed by atoms with Crippen molar-refractivity contribution in [3.05, 3.63) is 81.2 Å². The number of hydrogen-bond acceptors (Lipinski definition) is 8. The molecule has 2 aromatic carbocycles. The van der Waals surface area contributed by atoms with Gasteiger partial charge in [-0.15, -0.1) is 11.3 Å². The number of methoxy groups -OCH3 is 2. The maximum absolute atomic E-state index is 13.4. The summed E-state index contributed by atoms with van der Waals surface area (Å²) < 4.78 is 16.2. The first-order chi connectivity index (χ1) is 17.4. The van der Waals surface area contributed by atoms with E-state index in [1.165, 1.54) is 22.3 Å². The average molecular weight is 510 g/mol. The van der Waals surface area contributed by atoms with E-state index < -0.39 is 23.5 Å². The number of aliphatic hydroxyl groups is 1. The Bertz CT molecular complexity index is 1300. The normalized spacial score (nSPS) is 15.4. The monoisotopic (exact) mass is 509 g/mol. The maximum Gasteiger partial charge on any atom is 0.290 e. The van der Waals surface area contributed by atoms with Crippen molar-refractivity contribution in [3.8, 4) is 23.0 Å². The van der Waals surface area contributed by atoms with Gasteiger partial charge in [-0.2, -0.15) is 0 Å². The Morgan fingerprint density at radius 3 is 2.47 bits per heavy atom. The van der Waals surface area contributed by atoms with Crippen molar-refractivity contribution in [2.45, 2.75) is 19.4 Å². The minimum Gasteiger partial charge on any atom is -0.504 e. The predicted octanol–water partition coefficient (Wildman–Crippen LogP) is 4.69. The molecule has 8 nitrogen and oxygen atoms in total. The van der Waals surface area contributed by atoms with Crippen molar-refractivity contribution >= 4 is 23.0 Å². The van der Waals surface area contributed by atoms with Crippen molar-refractivity contribution in [1.29, 1.82) is 0 Å². The van der Waals surface area contributed by atoms with E-state index in [-0.39, 0.29) is 23.6 Å². The van der Waals surface area contributed by atoms with Gasteiger partial charge < -0.3 is 29.3 Å². The number of aromatic hydroxyl groups is 1. The molecule has 9 heteroatoms. The number of carbonyl (C=O) groups is 2. The van der Waals surface area contributed by atoms with Crippen LogP contribution < -0.4 is 14.2 Å². The summed E-state index contributed by atoms with van der Waals surface area (Å²) in [6.07, 6.45) is 0.437. The predicted molar refractivity (Wildman–Crippen MR) is 135 cm³/mol. The summed E-state index contributed by atoms with van der Waals surface area (Å²) >= 11 is 1.24. The molecule has 0 radical (unpaired) electrons. The average Bonchev–Trinajstić information content (AvgIpc) is 3.51. The second-order valence-electron chi connectivity index (χ2n) is 8.07. The molecule has 1 aliphatic heterocycles. The smallest absolute Gasteiger partial charge is 0.290 e. The van der Waals surface area contributed by atoms with Gasteiger partial charge in [0.15, 0.2) is 28.8 Å². The molecule has 1 aliphatic rings. The van der Waals surface area contributed by atoms with Gasteiger partial charge in [0.25, 0.3) is 5.91 Å². The van der Waals surface area contributed by atoms with Gasteiger partial charge in [-0.1, -0.05) is 18.2 Å². The molecule has 1 aromatic heterocycles. The largest absolute Gasteiger partial charge is 0.504 e. The van der Waals surface area contributed by atoms with Crippen LogP contribution in [0.1, 0.15) is 33.8 Å². The number of nitrogens with zero attached hydrogens (tertiary/aromatic N) is 1. The van der Waals surface area contributed by atoms with Crippen LogP contribution in [0.2, 0.25) is 0 Å². The van der Waals surface area contributed by atoms with Crippen LogP contribution in [0.25, 0.3) is 0 Å². The number of aliphatic hydroxyl groups excluding tert-OH is 1. The number of thiophene rings is 1. The lowest BCUT2D eigenvalue weighted by molar-refractivity contribution is -0.129. The highest BCUT2D eigenvalue weighted by Gasteiger charge is 2.44. The van der Waals surface area contributed by atoms with Gasteiger partial charge in [-0.25, -0.2) is 0 Å². The van der Waals surface area contributed by atoms with Crippen molar-refractivity contribution in [1.82, 2.24) is 4.90 Å². The molecule has 0 saturated heterocycles. The Morgan fingerprint density at radius 1 is 1.03 bits per heavy atom. The summed E-state index contributed by atoms with van der Waals surface area (Å²) in [4.78, 5) is 28.5. The third kappa shape index (κ3) is 4.74. The first-order valence-corrected chi connectivity index (χ1v) is 12.3. The second-order valence-corrected chi connectivity index (χ2v) is 9.02. The molecule has 3 aromatic rings. The zero-order valence-electron chi connectivity index (χ0n) is 20.2. The fourth-order valence-electron chi connectivity index (χ4n) is 4.26. The molecule has 0 bridgehead atoms. The number of benzene rings is 2. The molecule has 188 valence electrons. The zero-order chi connectivity index (χ0) is 25.8. The number of carbonyl (C=O) groups excluding carboxylic acids is 2. The fraction of sp³-hybridized carbons (Fsp3) is 0.259. The zero-order valence-corrected chi connectivity index (χ0v) is 21.0. The minimum atomic E-state index is -0.855. The van der Waals surface area contributed by atoms with E-state index in [0.29, 0.717) is 35.0 Å². The van der Waals surface area contributed by atoms with E-state index in [0.717, 1.165) is 5.56 Å². The van der Waals surface area contributed by atoms with Crippen LogP contribution in [-0.2, 0) is 11.2 Å². The van der Waals surface area contributed by atoms with Crippen LogP contribution in [0.4, 0.5) is 0 Å². The van der Waals surface area contributed by atoms with E-state index in [2.05, 4.69) is 0 Å². The highest BCUT2D eigenvalue weighted by atomic mass is 32.1. The molecule has 36 heavy (non-hydrogen) atoms. The Hall–Kier alpha value is -3.98. The lowest BCUT2D eigenvalue weighted by Gasteiger charge is -2.27. The molecule has 4 rings (SSSR count). The first kappa shape index (κ1) is 25.1. The van der Waals surface area contributed by atoms with E-state index in [9.17, 15) is 19.8 Å². The molecule has 0 fully saturated rings. The SMILES string of the molecule is CCOc1cc(C2C(C(=O)c3cccs3)=C(O)C(=O)N2CCc2ccc(OC)c(OC)c2)ccc1O. The molecule has 0 saturated carbocycles. The Morgan fingerprint density at radius 2 is 1.81 bits per heavy atom. The molecule has 2 heterocycles. The molecular weight excluding hydrogens is 482 g/mol. The lowest BCUT2D eigenvalue weighted by Crippen LogP contribution is -2.33. The Kier molecular flexibility index (Phi) is 7.49. The number of phenols is 1. The number of ether oxygens (including phenoxy) is 3. The summed E-state index contributed by atoms with van der Waals surface area (Å²) in [6, 6.07) is 12.7. The Labute approximate surface area is 213 Å². The highest BCUT2D eigenvalue weighted by Crippen LogP contribution is 2.42. The Balaban J connectivity index is 1.72. The van der Waals surface area contributed by atoms with Gasteiger partial charge in [-0.05, 0) is 60.2 Å². The first-order valence-electron chi connectivity index (χ1n) is 11.4. The van der Waals surface area contributed by atoms with Gasteiger partial charge in [-0.3, -0.25) is 9.59 Å². The topological polar surface area (TPSA) is 106 Å². The van der Waals surface area contributed by atoms with E-state index >= 15 is 0 Å². The molecule has 1 atom stereocenters. The van der Waals surface area contributed by atoms with Gasteiger partial charge in [0, 0.05) is 6.54 Å². The van der Waals surface area contributed by atoms with Crippen LogP contribution in [-0.4, -0.2) is 54.2 Å². The molecular formula is C27H27NO7S.